The molecule has 3 heterocycles. The molecule has 0 aliphatic carbocycles. The summed E-state index contributed by atoms with van der Waals surface area (Å²) in [5.41, 5.74) is 0. The maximum atomic E-state index is 13.4. The Morgan fingerprint density at radius 1 is 0.578 bits per heavy atom. The first-order valence-corrected chi connectivity index (χ1v) is 35.1. The highest BCUT2D eigenvalue weighted by Gasteiger charge is 2.60. The molecule has 0 aromatic rings. The van der Waals surface area contributed by atoms with Gasteiger partial charge in [-0.1, -0.05) is 231 Å². The van der Waals surface area contributed by atoms with Crippen LogP contribution in [0.5, 0.6) is 0 Å². The Bertz CT molecular complexity index is 1870. The van der Waals surface area contributed by atoms with E-state index >= 15 is 0 Å². The number of amides is 2. The molecule has 18 atom stereocenters. The molecule has 528 valence electrons. The summed E-state index contributed by atoms with van der Waals surface area (Å²) >= 11 is 0. The van der Waals surface area contributed by atoms with Gasteiger partial charge in [-0.05, 0) is 19.3 Å². The van der Waals surface area contributed by atoms with Crippen LogP contribution in [-0.2, 0) is 42.8 Å². The minimum absolute atomic E-state index is 0.205. The van der Waals surface area contributed by atoms with Crippen molar-refractivity contribution in [2.75, 3.05) is 26.4 Å². The Morgan fingerprint density at radius 2 is 1.03 bits per heavy atom. The van der Waals surface area contributed by atoms with Gasteiger partial charge in [0.2, 0.25) is 11.8 Å². The number of rotatable bonds is 53. The average Bonchev–Trinajstić information content (AvgIpc) is 0.802. The Labute approximate surface area is 537 Å². The molecular formula is C67H124N2O21. The van der Waals surface area contributed by atoms with E-state index in [-0.39, 0.29) is 12.3 Å². The number of carboxylic acid groups (broad SMARTS) is 1. The van der Waals surface area contributed by atoms with E-state index < -0.39 is 155 Å². The fourth-order valence-electron chi connectivity index (χ4n) is 12.4. The fraction of sp³-hybridized carbons (Fsp3) is 0.925. The highest BCUT2D eigenvalue weighted by atomic mass is 16.8. The van der Waals surface area contributed by atoms with Gasteiger partial charge in [-0.15, -0.1) is 0 Å². The van der Waals surface area contributed by atoms with E-state index in [1.807, 2.05) is 6.08 Å². The van der Waals surface area contributed by atoms with Crippen molar-refractivity contribution >= 4 is 17.8 Å². The summed E-state index contributed by atoms with van der Waals surface area (Å²) in [7, 11) is 0. The van der Waals surface area contributed by atoms with Gasteiger partial charge in [-0.3, -0.25) is 9.59 Å². The molecular weight excluding hydrogens is 1170 g/mol. The van der Waals surface area contributed by atoms with Crippen LogP contribution in [0.3, 0.4) is 0 Å². The molecule has 2 amide bonds. The number of hydrogen-bond acceptors (Lipinski definition) is 20. The van der Waals surface area contributed by atoms with Crippen molar-refractivity contribution in [3.8, 4) is 0 Å². The Hall–Kier alpha value is -2.53. The second-order valence-electron chi connectivity index (χ2n) is 25.8. The molecule has 18 unspecified atom stereocenters. The van der Waals surface area contributed by atoms with Crippen molar-refractivity contribution in [2.45, 2.75) is 368 Å². The van der Waals surface area contributed by atoms with E-state index in [0.717, 1.165) is 51.9 Å². The van der Waals surface area contributed by atoms with E-state index in [0.29, 0.717) is 12.8 Å². The summed E-state index contributed by atoms with van der Waals surface area (Å²) < 4.78 is 34.8. The van der Waals surface area contributed by atoms with Crippen LogP contribution in [0.4, 0.5) is 0 Å². The minimum Gasteiger partial charge on any atom is -0.477 e. The second kappa shape index (κ2) is 48.2. The zero-order valence-corrected chi connectivity index (χ0v) is 55.0. The number of aliphatic carboxylic acids is 1. The van der Waals surface area contributed by atoms with Gasteiger partial charge in [0, 0.05) is 19.8 Å². The minimum atomic E-state index is -3.08. The first kappa shape index (κ1) is 81.7. The topological polar surface area (TPSA) is 373 Å². The van der Waals surface area contributed by atoms with Gasteiger partial charge in [0.25, 0.3) is 5.79 Å². The molecule has 3 fully saturated rings. The number of allylic oxidation sites excluding steroid dienone is 1. The van der Waals surface area contributed by atoms with Gasteiger partial charge in [0.05, 0.1) is 50.7 Å². The molecule has 3 rings (SSSR count). The quantitative estimate of drug-likeness (QED) is 0.0235. The molecule has 0 radical (unpaired) electrons. The summed E-state index contributed by atoms with van der Waals surface area (Å²) in [5, 5.41) is 136. The number of aliphatic hydroxyl groups is 11. The van der Waals surface area contributed by atoms with Gasteiger partial charge in [0.15, 0.2) is 12.6 Å². The summed E-state index contributed by atoms with van der Waals surface area (Å²) in [6, 6.07) is -2.61. The average molecular weight is 1290 g/mol. The largest absolute Gasteiger partial charge is 0.477 e. The normalized spacial score (nSPS) is 28.6. The zero-order valence-electron chi connectivity index (χ0n) is 55.0. The van der Waals surface area contributed by atoms with Crippen molar-refractivity contribution in [3.63, 3.8) is 0 Å². The summed E-state index contributed by atoms with van der Waals surface area (Å²) in [4.78, 5) is 38.5. The molecule has 0 bridgehead atoms. The van der Waals surface area contributed by atoms with Crippen LogP contribution in [0.15, 0.2) is 12.2 Å². The molecule has 90 heavy (non-hydrogen) atoms. The number of hydrogen-bond donors (Lipinski definition) is 14. The van der Waals surface area contributed by atoms with Gasteiger partial charge >= 0.3 is 5.97 Å². The van der Waals surface area contributed by atoms with Crippen LogP contribution >= 0.6 is 0 Å². The maximum absolute atomic E-state index is 13.4. The summed E-state index contributed by atoms with van der Waals surface area (Å²) in [5.74, 6) is -6.14. The van der Waals surface area contributed by atoms with Crippen molar-refractivity contribution in [1.29, 1.82) is 0 Å². The van der Waals surface area contributed by atoms with Gasteiger partial charge < -0.3 is 100 Å². The molecule has 3 aliphatic heterocycles. The lowest BCUT2D eigenvalue weighted by molar-refractivity contribution is -0.386. The first-order chi connectivity index (χ1) is 43.4. The third kappa shape index (κ3) is 30.5. The Balaban J connectivity index is 1.55. The third-order valence-corrected chi connectivity index (χ3v) is 18.0. The molecule has 14 N–H and O–H groups in total. The molecule has 23 heteroatoms. The van der Waals surface area contributed by atoms with Crippen LogP contribution in [0, 0.1) is 0 Å². The number of unbranched alkanes of at least 4 members (excludes halogenated alkanes) is 33. The number of carboxylic acids is 1. The number of carbonyl (C=O) groups excluding carboxylic acids is 2. The monoisotopic (exact) mass is 1290 g/mol. The lowest BCUT2D eigenvalue weighted by atomic mass is 9.88. The lowest BCUT2D eigenvalue weighted by Crippen LogP contribution is -2.70. The smallest absolute Gasteiger partial charge is 0.364 e. The summed E-state index contributed by atoms with van der Waals surface area (Å²) in [6.45, 7) is 2.13. The number of carbonyl (C=O) groups is 3. The van der Waals surface area contributed by atoms with Crippen molar-refractivity contribution in [2.24, 2.45) is 0 Å². The van der Waals surface area contributed by atoms with E-state index in [1.165, 1.54) is 167 Å². The van der Waals surface area contributed by atoms with E-state index in [2.05, 4.69) is 24.5 Å². The number of nitrogens with one attached hydrogen (secondary N) is 2. The van der Waals surface area contributed by atoms with Crippen molar-refractivity contribution in [3.05, 3.63) is 12.2 Å². The van der Waals surface area contributed by atoms with E-state index in [9.17, 15) is 75.7 Å². The second-order valence-corrected chi connectivity index (χ2v) is 25.8. The predicted octanol–water partition coefficient (Wildman–Crippen LogP) is 6.29. The molecule has 0 saturated carbocycles. The highest BCUT2D eigenvalue weighted by molar-refractivity contribution is 5.77. The van der Waals surface area contributed by atoms with Crippen LogP contribution in [0.1, 0.15) is 258 Å². The van der Waals surface area contributed by atoms with Gasteiger partial charge in [0.1, 0.15) is 67.1 Å². The van der Waals surface area contributed by atoms with E-state index in [1.54, 1.807) is 6.08 Å². The molecule has 23 nitrogen and oxygen atoms in total. The van der Waals surface area contributed by atoms with Crippen LogP contribution in [0.25, 0.3) is 0 Å². The lowest BCUT2D eigenvalue weighted by Gasteiger charge is -2.50. The van der Waals surface area contributed by atoms with Crippen LogP contribution in [0.2, 0.25) is 0 Å². The molecule has 0 aromatic carbocycles. The number of aliphatic hydroxyl groups excluding tert-OH is 11. The number of ether oxygens (including phenoxy) is 6. The van der Waals surface area contributed by atoms with Gasteiger partial charge in [-0.25, -0.2) is 4.79 Å². The Kier molecular flexibility index (Phi) is 43.8. The third-order valence-electron chi connectivity index (χ3n) is 18.0. The molecule has 3 aliphatic rings. The van der Waals surface area contributed by atoms with Crippen molar-refractivity contribution < 1.29 is 104 Å². The predicted molar refractivity (Wildman–Crippen MR) is 338 cm³/mol. The van der Waals surface area contributed by atoms with Crippen LogP contribution < -0.4 is 10.6 Å². The summed E-state index contributed by atoms with van der Waals surface area (Å²) in [6.07, 6.45) is 17.0. The van der Waals surface area contributed by atoms with Crippen molar-refractivity contribution in [1.82, 2.24) is 10.6 Å². The highest BCUT2D eigenvalue weighted by Crippen LogP contribution is 2.39. The maximum Gasteiger partial charge on any atom is 0.364 e. The standard InChI is InChI=1S/C67H124N2O21/c1-4-6-8-10-12-14-16-18-19-20-21-22-23-24-25-26-27-28-29-31-33-35-37-39-41-54(77)69-48(49(74)40-38-36-34-32-30-17-15-13-11-9-7-5-2)46-85-64-59(81)58(80)61(53(45-72)87-64)88-65-60(82)63(57(79)52(44-71)86-65)90-67(66(83)84)42-50(75)55(68-47(3)73)62(89-67)56(78)51(76)43-70/h38,40,48-53,55-65,70-72,74-76,78-82H,4-37,39,41-46H2,1-3H3,(H,68,73)(H,69,77)(H,83,84)/b40-38+. The fourth-order valence-corrected chi connectivity index (χ4v) is 12.4. The Morgan fingerprint density at radius 3 is 1.48 bits per heavy atom. The zero-order chi connectivity index (χ0) is 66.1. The SMILES string of the molecule is CCCCCCCCCCCC/C=C/C(O)C(COC1OC(CO)C(OC2OC(CO)C(O)C(OC3(C(=O)O)CC(O)C(NC(C)=O)C(C(O)C(O)CO)O3)C2O)C(O)C1O)NC(=O)CCCCCCCCCCCCCCCCCCCCCCCCCC. The molecule has 0 aromatic heterocycles. The van der Waals surface area contributed by atoms with E-state index in [4.69, 9.17) is 28.4 Å². The molecule has 3 saturated heterocycles. The van der Waals surface area contributed by atoms with Crippen LogP contribution in [-0.4, -0.2) is 215 Å². The first-order valence-electron chi connectivity index (χ1n) is 35.1. The van der Waals surface area contributed by atoms with Gasteiger partial charge in [-0.2, -0.15) is 0 Å². The molecule has 0 spiro atoms.